The molecule has 0 aromatic heterocycles. The van der Waals surface area contributed by atoms with Crippen LogP contribution in [0.1, 0.15) is 25.7 Å². The fourth-order valence-corrected chi connectivity index (χ4v) is 1.39. The van der Waals surface area contributed by atoms with E-state index < -0.39 is 11.9 Å². The van der Waals surface area contributed by atoms with Crippen LogP contribution in [0, 0.1) is 0 Å². The van der Waals surface area contributed by atoms with Crippen molar-refractivity contribution >= 4 is 5.91 Å². The zero-order valence-corrected chi connectivity index (χ0v) is 7.16. The molecular formula is C8H16N2O2. The molecule has 0 aromatic carbocycles. The van der Waals surface area contributed by atoms with Gasteiger partial charge in [0.05, 0.1) is 12.1 Å². The van der Waals surface area contributed by atoms with Gasteiger partial charge in [0.15, 0.2) is 0 Å². The Hall–Kier alpha value is -0.610. The lowest BCUT2D eigenvalue weighted by Gasteiger charge is -2.23. The lowest BCUT2D eigenvalue weighted by molar-refractivity contribution is -0.120. The van der Waals surface area contributed by atoms with Crippen molar-refractivity contribution in [3.8, 4) is 0 Å². The summed E-state index contributed by atoms with van der Waals surface area (Å²) in [5.41, 5.74) is 10.5. The lowest BCUT2D eigenvalue weighted by Crippen LogP contribution is -2.40. The topological polar surface area (TPSA) is 78.3 Å². The quantitative estimate of drug-likeness (QED) is 0.616. The summed E-state index contributed by atoms with van der Waals surface area (Å²) in [6.45, 7) is 0.788. The summed E-state index contributed by atoms with van der Waals surface area (Å²) in [5.74, 6) is -0.441. The number of nitrogens with two attached hydrogens (primary N) is 2. The molecule has 2 atom stereocenters. The number of hydrogen-bond acceptors (Lipinski definition) is 3. The minimum absolute atomic E-state index is 0.140. The van der Waals surface area contributed by atoms with Crippen molar-refractivity contribution in [1.29, 1.82) is 0 Å². The number of ether oxygens (including phenoxy) is 1. The van der Waals surface area contributed by atoms with Crippen molar-refractivity contribution in [2.45, 2.75) is 37.8 Å². The molecule has 0 aromatic rings. The first-order valence-corrected chi connectivity index (χ1v) is 4.36. The van der Waals surface area contributed by atoms with Gasteiger partial charge in [-0.3, -0.25) is 4.79 Å². The largest absolute Gasteiger partial charge is 0.378 e. The molecule has 4 N–H and O–H groups in total. The van der Waals surface area contributed by atoms with Gasteiger partial charge < -0.3 is 16.2 Å². The predicted molar refractivity (Wildman–Crippen MR) is 45.4 cm³/mol. The van der Waals surface area contributed by atoms with E-state index in [2.05, 4.69) is 0 Å². The first-order valence-electron chi connectivity index (χ1n) is 4.36. The Bertz CT molecular complexity index is 155. The Balaban J connectivity index is 2.24. The monoisotopic (exact) mass is 172 g/mol. The maximum atomic E-state index is 10.6. The number of carbonyl (C=O) groups excluding carboxylic acids is 1. The van der Waals surface area contributed by atoms with Gasteiger partial charge in [-0.25, -0.2) is 0 Å². The van der Waals surface area contributed by atoms with E-state index in [9.17, 15) is 4.79 Å². The normalized spacial score (nSPS) is 26.6. The fraction of sp³-hybridized carbons (Fsp3) is 0.875. The van der Waals surface area contributed by atoms with Crippen LogP contribution in [0.15, 0.2) is 0 Å². The van der Waals surface area contributed by atoms with E-state index in [4.69, 9.17) is 16.2 Å². The van der Waals surface area contributed by atoms with E-state index in [1.807, 2.05) is 0 Å². The van der Waals surface area contributed by atoms with Gasteiger partial charge in [-0.05, 0) is 25.7 Å². The molecule has 1 amide bonds. The van der Waals surface area contributed by atoms with E-state index in [-0.39, 0.29) is 6.10 Å². The molecule has 1 aliphatic heterocycles. The molecule has 1 unspecified atom stereocenters. The van der Waals surface area contributed by atoms with Crippen LogP contribution in [0.3, 0.4) is 0 Å². The zero-order chi connectivity index (χ0) is 8.97. The standard InChI is InChI=1S/C8H16N2O2/c9-7(8(10)11)5-6-3-1-2-4-12-6/h6-7H,1-5,9H2,(H2,10,11)/t6?,7-/m0/s1. The number of carbonyl (C=O) groups is 1. The SMILES string of the molecule is NC(=O)[C@@H](N)CC1CCCCO1. The first kappa shape index (κ1) is 9.48. The molecule has 0 bridgehead atoms. The first-order chi connectivity index (χ1) is 5.70. The van der Waals surface area contributed by atoms with Crippen LogP contribution in [-0.2, 0) is 9.53 Å². The van der Waals surface area contributed by atoms with Crippen molar-refractivity contribution in [3.05, 3.63) is 0 Å². The molecule has 1 fully saturated rings. The Morgan fingerprint density at radius 3 is 2.83 bits per heavy atom. The van der Waals surface area contributed by atoms with Crippen molar-refractivity contribution in [2.24, 2.45) is 11.5 Å². The van der Waals surface area contributed by atoms with Crippen molar-refractivity contribution < 1.29 is 9.53 Å². The molecule has 0 saturated carbocycles. The van der Waals surface area contributed by atoms with Gasteiger partial charge in [0.1, 0.15) is 0 Å². The van der Waals surface area contributed by atoms with Gasteiger partial charge in [-0.15, -0.1) is 0 Å². The highest BCUT2D eigenvalue weighted by atomic mass is 16.5. The molecular weight excluding hydrogens is 156 g/mol. The van der Waals surface area contributed by atoms with Gasteiger partial charge in [0, 0.05) is 6.61 Å². The fourth-order valence-electron chi connectivity index (χ4n) is 1.39. The second-order valence-electron chi connectivity index (χ2n) is 3.23. The summed E-state index contributed by atoms with van der Waals surface area (Å²) < 4.78 is 5.41. The summed E-state index contributed by atoms with van der Waals surface area (Å²) in [6.07, 6.45) is 3.98. The van der Waals surface area contributed by atoms with E-state index in [0.717, 1.165) is 25.9 Å². The second kappa shape index (κ2) is 4.42. The minimum Gasteiger partial charge on any atom is -0.378 e. The lowest BCUT2D eigenvalue weighted by atomic mass is 10.0. The molecule has 0 radical (unpaired) electrons. The third kappa shape index (κ3) is 2.79. The average Bonchev–Trinajstić information content (AvgIpc) is 2.06. The summed E-state index contributed by atoms with van der Waals surface area (Å²) >= 11 is 0. The predicted octanol–water partition coefficient (Wildman–Crippen LogP) is -0.242. The highest BCUT2D eigenvalue weighted by molar-refractivity contribution is 5.79. The Morgan fingerprint density at radius 2 is 2.33 bits per heavy atom. The van der Waals surface area contributed by atoms with E-state index >= 15 is 0 Å². The van der Waals surface area contributed by atoms with Gasteiger partial charge >= 0.3 is 0 Å². The Labute approximate surface area is 72.2 Å². The molecule has 1 aliphatic rings. The summed E-state index contributed by atoms with van der Waals surface area (Å²) in [6, 6.07) is -0.548. The molecule has 12 heavy (non-hydrogen) atoms. The summed E-state index contributed by atoms with van der Waals surface area (Å²) in [7, 11) is 0. The van der Waals surface area contributed by atoms with Crippen LogP contribution < -0.4 is 11.5 Å². The van der Waals surface area contributed by atoms with Crippen LogP contribution in [-0.4, -0.2) is 24.7 Å². The molecule has 1 saturated heterocycles. The third-order valence-corrected chi connectivity index (χ3v) is 2.16. The van der Waals surface area contributed by atoms with Crippen LogP contribution in [0.2, 0.25) is 0 Å². The number of hydrogen-bond donors (Lipinski definition) is 2. The number of primary amides is 1. The maximum absolute atomic E-state index is 10.6. The molecule has 1 rings (SSSR count). The van der Waals surface area contributed by atoms with Crippen LogP contribution >= 0.6 is 0 Å². The van der Waals surface area contributed by atoms with Crippen molar-refractivity contribution in [2.75, 3.05) is 6.61 Å². The van der Waals surface area contributed by atoms with Gasteiger partial charge in [0.2, 0.25) is 5.91 Å². The molecule has 0 aliphatic carbocycles. The number of rotatable bonds is 3. The summed E-state index contributed by atoms with van der Waals surface area (Å²) in [5, 5.41) is 0. The van der Waals surface area contributed by atoms with E-state index in [1.165, 1.54) is 0 Å². The zero-order valence-electron chi connectivity index (χ0n) is 7.16. The third-order valence-electron chi connectivity index (χ3n) is 2.16. The molecule has 1 heterocycles. The van der Waals surface area contributed by atoms with E-state index in [1.54, 1.807) is 0 Å². The molecule has 70 valence electrons. The van der Waals surface area contributed by atoms with Crippen LogP contribution in [0.4, 0.5) is 0 Å². The highest BCUT2D eigenvalue weighted by Crippen LogP contribution is 2.16. The van der Waals surface area contributed by atoms with Gasteiger partial charge in [-0.1, -0.05) is 0 Å². The van der Waals surface area contributed by atoms with E-state index in [0.29, 0.717) is 6.42 Å². The minimum atomic E-state index is -0.548. The van der Waals surface area contributed by atoms with Crippen LogP contribution in [0.5, 0.6) is 0 Å². The second-order valence-corrected chi connectivity index (χ2v) is 3.23. The van der Waals surface area contributed by atoms with Gasteiger partial charge in [-0.2, -0.15) is 0 Å². The van der Waals surface area contributed by atoms with Crippen LogP contribution in [0.25, 0.3) is 0 Å². The average molecular weight is 172 g/mol. The van der Waals surface area contributed by atoms with Crippen molar-refractivity contribution in [1.82, 2.24) is 0 Å². The number of amides is 1. The molecule has 4 heteroatoms. The maximum Gasteiger partial charge on any atom is 0.234 e. The summed E-state index contributed by atoms with van der Waals surface area (Å²) in [4.78, 5) is 10.6. The highest BCUT2D eigenvalue weighted by Gasteiger charge is 2.19. The van der Waals surface area contributed by atoms with Gasteiger partial charge in [0.25, 0.3) is 0 Å². The smallest absolute Gasteiger partial charge is 0.234 e. The Morgan fingerprint density at radius 1 is 1.58 bits per heavy atom. The Kier molecular flexibility index (Phi) is 3.49. The molecule has 0 spiro atoms. The van der Waals surface area contributed by atoms with Crippen molar-refractivity contribution in [3.63, 3.8) is 0 Å². The molecule has 4 nitrogen and oxygen atoms in total.